The molecule has 18 heavy (non-hydrogen) atoms. The number of hydrogen-bond donors (Lipinski definition) is 1. The Labute approximate surface area is 107 Å². The highest BCUT2D eigenvalue weighted by Gasteiger charge is 2.03. The van der Waals surface area contributed by atoms with Gasteiger partial charge in [0.15, 0.2) is 0 Å². The van der Waals surface area contributed by atoms with Gasteiger partial charge in [-0.15, -0.1) is 0 Å². The Morgan fingerprint density at radius 3 is 2.00 bits per heavy atom. The van der Waals surface area contributed by atoms with Crippen LogP contribution in [0.3, 0.4) is 0 Å². The number of ether oxygens (including phenoxy) is 1. The van der Waals surface area contributed by atoms with Crippen LogP contribution in [0.2, 0.25) is 0 Å². The first kappa shape index (κ1) is 14.2. The predicted molar refractivity (Wildman–Crippen MR) is 68.9 cm³/mol. The lowest BCUT2D eigenvalue weighted by Gasteiger charge is -2.04. The fourth-order valence-corrected chi connectivity index (χ4v) is 1.62. The van der Waals surface area contributed by atoms with Crippen molar-refractivity contribution in [2.45, 2.75) is 32.6 Å². The number of carbonyl (C=O) groups excluding carboxylic acids is 2. The zero-order chi connectivity index (χ0) is 13.4. The summed E-state index contributed by atoms with van der Waals surface area (Å²) in [5, 5.41) is 0. The van der Waals surface area contributed by atoms with Crippen molar-refractivity contribution in [1.29, 1.82) is 0 Å². The van der Waals surface area contributed by atoms with E-state index in [9.17, 15) is 9.59 Å². The number of benzene rings is 1. The van der Waals surface area contributed by atoms with Crippen LogP contribution in [0.4, 0.5) is 0 Å². The van der Waals surface area contributed by atoms with Crippen LogP contribution < -0.4 is 5.73 Å². The van der Waals surface area contributed by atoms with Crippen LogP contribution in [0.25, 0.3) is 0 Å². The van der Waals surface area contributed by atoms with Crippen LogP contribution in [0.15, 0.2) is 24.3 Å². The topological polar surface area (TPSA) is 69.4 Å². The number of esters is 1. The normalized spacial score (nSPS) is 10.1. The van der Waals surface area contributed by atoms with E-state index < -0.39 is 0 Å². The van der Waals surface area contributed by atoms with Crippen LogP contribution in [0, 0.1) is 0 Å². The van der Waals surface area contributed by atoms with E-state index in [0.29, 0.717) is 32.3 Å². The van der Waals surface area contributed by atoms with Crippen molar-refractivity contribution in [2.75, 3.05) is 6.61 Å². The highest BCUT2D eigenvalue weighted by molar-refractivity contribution is 5.74. The van der Waals surface area contributed by atoms with Crippen molar-refractivity contribution < 1.29 is 14.3 Å². The van der Waals surface area contributed by atoms with Crippen molar-refractivity contribution >= 4 is 11.9 Å². The smallest absolute Gasteiger partial charge is 0.306 e. The van der Waals surface area contributed by atoms with Crippen LogP contribution >= 0.6 is 0 Å². The monoisotopic (exact) mass is 249 g/mol. The summed E-state index contributed by atoms with van der Waals surface area (Å²) < 4.78 is 4.86. The molecule has 0 heterocycles. The second kappa shape index (κ2) is 7.48. The summed E-state index contributed by atoms with van der Waals surface area (Å²) in [5.41, 5.74) is 7.26. The Kier molecular flexibility index (Phi) is 5.91. The number of aryl methyl sites for hydroxylation is 2. The average molecular weight is 249 g/mol. The Morgan fingerprint density at radius 1 is 1.06 bits per heavy atom. The summed E-state index contributed by atoms with van der Waals surface area (Å²) in [7, 11) is 0. The highest BCUT2D eigenvalue weighted by Crippen LogP contribution is 2.09. The van der Waals surface area contributed by atoms with Gasteiger partial charge in [0.05, 0.1) is 6.61 Å². The Hall–Kier alpha value is -1.84. The van der Waals surface area contributed by atoms with Gasteiger partial charge in [0.25, 0.3) is 0 Å². The molecule has 0 spiro atoms. The number of hydrogen-bond acceptors (Lipinski definition) is 3. The lowest BCUT2D eigenvalue weighted by atomic mass is 10.0. The fourth-order valence-electron chi connectivity index (χ4n) is 1.62. The molecule has 1 rings (SSSR count). The summed E-state index contributed by atoms with van der Waals surface area (Å²) in [4.78, 5) is 21.8. The van der Waals surface area contributed by atoms with Gasteiger partial charge in [-0.25, -0.2) is 0 Å². The Morgan fingerprint density at radius 2 is 1.56 bits per heavy atom. The van der Waals surface area contributed by atoms with E-state index in [1.165, 1.54) is 0 Å². The summed E-state index contributed by atoms with van der Waals surface area (Å²) in [6.07, 6.45) is 2.10. The quantitative estimate of drug-likeness (QED) is 0.746. The average Bonchev–Trinajstić information content (AvgIpc) is 2.35. The fraction of sp³-hybridized carbons (Fsp3) is 0.429. The van der Waals surface area contributed by atoms with E-state index in [2.05, 4.69) is 0 Å². The van der Waals surface area contributed by atoms with E-state index >= 15 is 0 Å². The van der Waals surface area contributed by atoms with Gasteiger partial charge < -0.3 is 10.5 Å². The van der Waals surface area contributed by atoms with Crippen molar-refractivity contribution in [3.05, 3.63) is 35.4 Å². The largest absolute Gasteiger partial charge is 0.466 e. The number of primary amides is 1. The molecule has 0 aliphatic rings. The molecule has 1 aromatic rings. The molecule has 0 atom stereocenters. The van der Waals surface area contributed by atoms with Crippen molar-refractivity contribution in [3.8, 4) is 0 Å². The molecule has 0 aliphatic carbocycles. The number of carbonyl (C=O) groups is 2. The molecule has 4 heteroatoms. The Bertz CT molecular complexity index is 398. The predicted octanol–water partition coefficient (Wildman–Crippen LogP) is 1.60. The van der Waals surface area contributed by atoms with Crippen molar-refractivity contribution in [1.82, 2.24) is 0 Å². The van der Waals surface area contributed by atoms with Gasteiger partial charge in [-0.3, -0.25) is 9.59 Å². The van der Waals surface area contributed by atoms with Gasteiger partial charge >= 0.3 is 5.97 Å². The third-order valence-electron chi connectivity index (χ3n) is 2.61. The molecule has 0 saturated heterocycles. The summed E-state index contributed by atoms with van der Waals surface area (Å²) in [6.45, 7) is 2.22. The van der Waals surface area contributed by atoms with E-state index in [0.717, 1.165) is 11.1 Å². The molecule has 98 valence electrons. The minimum atomic E-state index is -0.290. The molecule has 0 saturated carbocycles. The molecule has 2 N–H and O–H groups in total. The molecule has 0 aromatic heterocycles. The van der Waals surface area contributed by atoms with Gasteiger partial charge in [0.1, 0.15) is 0 Å². The second-order valence-corrected chi connectivity index (χ2v) is 4.09. The third kappa shape index (κ3) is 5.48. The van der Waals surface area contributed by atoms with Crippen LogP contribution in [0.1, 0.15) is 30.9 Å². The maximum Gasteiger partial charge on any atom is 0.306 e. The molecule has 0 aliphatic heterocycles. The van der Waals surface area contributed by atoms with Crippen LogP contribution in [-0.4, -0.2) is 18.5 Å². The summed E-state index contributed by atoms with van der Waals surface area (Å²) >= 11 is 0. The molecular formula is C14H19NO3. The molecule has 4 nitrogen and oxygen atoms in total. The first-order chi connectivity index (χ1) is 8.61. The molecule has 1 amide bonds. The lowest BCUT2D eigenvalue weighted by Crippen LogP contribution is -2.11. The summed E-state index contributed by atoms with van der Waals surface area (Å²) in [5.74, 6) is -0.461. The zero-order valence-corrected chi connectivity index (χ0v) is 10.6. The lowest BCUT2D eigenvalue weighted by molar-refractivity contribution is -0.143. The standard InChI is InChI=1S/C14H19NO3/c1-2-18-14(17)10-8-12-5-3-11(4-6-12)7-9-13(15)16/h3-6H,2,7-10H2,1H3,(H2,15,16). The zero-order valence-electron chi connectivity index (χ0n) is 10.6. The first-order valence-corrected chi connectivity index (χ1v) is 6.13. The van der Waals surface area contributed by atoms with E-state index in [1.807, 2.05) is 24.3 Å². The SMILES string of the molecule is CCOC(=O)CCc1ccc(CCC(N)=O)cc1. The molecule has 0 fully saturated rings. The maximum absolute atomic E-state index is 11.2. The van der Waals surface area contributed by atoms with E-state index in [-0.39, 0.29) is 11.9 Å². The molecule has 0 unspecified atom stereocenters. The van der Waals surface area contributed by atoms with E-state index in [1.54, 1.807) is 6.92 Å². The highest BCUT2D eigenvalue weighted by atomic mass is 16.5. The first-order valence-electron chi connectivity index (χ1n) is 6.13. The van der Waals surface area contributed by atoms with Crippen LogP contribution in [-0.2, 0) is 27.2 Å². The van der Waals surface area contributed by atoms with Gasteiger partial charge in [-0.2, -0.15) is 0 Å². The van der Waals surface area contributed by atoms with Crippen LogP contribution in [0.5, 0.6) is 0 Å². The molecule has 0 bridgehead atoms. The number of amides is 1. The van der Waals surface area contributed by atoms with Crippen molar-refractivity contribution in [3.63, 3.8) is 0 Å². The van der Waals surface area contributed by atoms with Crippen molar-refractivity contribution in [2.24, 2.45) is 5.73 Å². The number of rotatable bonds is 7. The van der Waals surface area contributed by atoms with Gasteiger partial charge in [0.2, 0.25) is 5.91 Å². The third-order valence-corrected chi connectivity index (χ3v) is 2.61. The summed E-state index contributed by atoms with van der Waals surface area (Å²) in [6, 6.07) is 7.86. The second-order valence-electron chi connectivity index (χ2n) is 4.09. The Balaban J connectivity index is 2.40. The minimum absolute atomic E-state index is 0.171. The van der Waals surface area contributed by atoms with Gasteiger partial charge in [0, 0.05) is 12.8 Å². The van der Waals surface area contributed by atoms with Gasteiger partial charge in [-0.05, 0) is 30.9 Å². The maximum atomic E-state index is 11.2. The molecule has 1 aromatic carbocycles. The minimum Gasteiger partial charge on any atom is -0.466 e. The number of nitrogens with two attached hydrogens (primary N) is 1. The van der Waals surface area contributed by atoms with E-state index in [4.69, 9.17) is 10.5 Å². The molecule has 0 radical (unpaired) electrons. The molecular weight excluding hydrogens is 230 g/mol. The van der Waals surface area contributed by atoms with Gasteiger partial charge in [-0.1, -0.05) is 24.3 Å².